The van der Waals surface area contributed by atoms with Gasteiger partial charge in [-0.15, -0.1) is 0 Å². The molecule has 0 bridgehead atoms. The van der Waals surface area contributed by atoms with Gasteiger partial charge < -0.3 is 5.32 Å². The fourth-order valence-corrected chi connectivity index (χ4v) is 2.47. The van der Waals surface area contributed by atoms with E-state index in [-0.39, 0.29) is 11.8 Å². The summed E-state index contributed by atoms with van der Waals surface area (Å²) < 4.78 is 22.0. The van der Waals surface area contributed by atoms with Crippen LogP contribution in [0.3, 0.4) is 0 Å². The Balaban J connectivity index is 2.45. The normalized spacial score (nSPS) is 13.6. The predicted molar refractivity (Wildman–Crippen MR) is 76.7 cm³/mol. The van der Waals surface area contributed by atoms with Crippen molar-refractivity contribution in [2.75, 3.05) is 18.6 Å². The minimum absolute atomic E-state index is 0.250. The third-order valence-corrected chi connectivity index (χ3v) is 4.20. The summed E-state index contributed by atoms with van der Waals surface area (Å²) in [6.45, 7) is 7.03. The van der Waals surface area contributed by atoms with Gasteiger partial charge in [0.25, 0.3) is 0 Å². The van der Waals surface area contributed by atoms with Crippen LogP contribution >= 0.6 is 0 Å². The molecule has 0 fully saturated rings. The lowest BCUT2D eigenvalue weighted by molar-refractivity contribution is 0.562. The SMILES string of the molecule is Cc1ccc(C(C)NCCCS(C)(=O)=O)cc1C. The number of aryl methyl sites for hydroxylation is 2. The number of rotatable bonds is 6. The van der Waals surface area contributed by atoms with Crippen molar-refractivity contribution in [2.24, 2.45) is 0 Å². The van der Waals surface area contributed by atoms with E-state index in [0.717, 1.165) is 6.54 Å². The molecule has 0 aliphatic carbocycles. The van der Waals surface area contributed by atoms with E-state index in [9.17, 15) is 8.42 Å². The van der Waals surface area contributed by atoms with E-state index in [1.807, 2.05) is 0 Å². The van der Waals surface area contributed by atoms with Crippen LogP contribution in [0.15, 0.2) is 18.2 Å². The summed E-state index contributed by atoms with van der Waals surface area (Å²) in [5.74, 6) is 0.250. The molecule has 0 radical (unpaired) electrons. The average Bonchev–Trinajstić information content (AvgIpc) is 2.26. The first kappa shape index (κ1) is 15.2. The van der Waals surface area contributed by atoms with Crippen molar-refractivity contribution in [2.45, 2.75) is 33.2 Å². The Morgan fingerprint density at radius 2 is 1.89 bits per heavy atom. The Morgan fingerprint density at radius 1 is 1.22 bits per heavy atom. The van der Waals surface area contributed by atoms with E-state index in [2.05, 4.69) is 44.3 Å². The first-order valence-corrected chi connectivity index (χ1v) is 8.34. The van der Waals surface area contributed by atoms with Gasteiger partial charge in [0.1, 0.15) is 9.84 Å². The van der Waals surface area contributed by atoms with Crippen LogP contribution in [-0.4, -0.2) is 27.0 Å². The second kappa shape index (κ2) is 6.34. The highest BCUT2D eigenvalue weighted by atomic mass is 32.2. The number of benzene rings is 1. The largest absolute Gasteiger partial charge is 0.310 e. The lowest BCUT2D eigenvalue weighted by atomic mass is 10.0. The van der Waals surface area contributed by atoms with Crippen LogP contribution in [0.1, 0.15) is 36.1 Å². The van der Waals surface area contributed by atoms with Crippen LogP contribution in [0.5, 0.6) is 0 Å². The molecule has 102 valence electrons. The summed E-state index contributed by atoms with van der Waals surface area (Å²) in [6.07, 6.45) is 1.94. The molecule has 4 heteroatoms. The topological polar surface area (TPSA) is 46.2 Å². The molecule has 1 atom stereocenters. The molecule has 0 spiro atoms. The quantitative estimate of drug-likeness (QED) is 0.807. The van der Waals surface area contributed by atoms with Crippen LogP contribution in [0, 0.1) is 13.8 Å². The number of hydrogen-bond acceptors (Lipinski definition) is 3. The van der Waals surface area contributed by atoms with Gasteiger partial charge in [0.2, 0.25) is 0 Å². The fraction of sp³-hybridized carbons (Fsp3) is 0.571. The van der Waals surface area contributed by atoms with Crippen molar-refractivity contribution >= 4 is 9.84 Å². The average molecular weight is 269 g/mol. The molecule has 1 unspecified atom stereocenters. The van der Waals surface area contributed by atoms with Gasteiger partial charge in [-0.3, -0.25) is 0 Å². The van der Waals surface area contributed by atoms with Gasteiger partial charge in [-0.2, -0.15) is 0 Å². The molecule has 18 heavy (non-hydrogen) atoms. The van der Waals surface area contributed by atoms with Crippen molar-refractivity contribution in [3.8, 4) is 0 Å². The molecule has 1 rings (SSSR count). The Kier molecular flexibility index (Phi) is 5.35. The monoisotopic (exact) mass is 269 g/mol. The maximum absolute atomic E-state index is 11.0. The van der Waals surface area contributed by atoms with Crippen molar-refractivity contribution in [3.63, 3.8) is 0 Å². The molecule has 0 aromatic heterocycles. The standard InChI is InChI=1S/C14H23NO2S/c1-11-6-7-14(10-12(11)2)13(3)15-8-5-9-18(4,16)17/h6-7,10,13,15H,5,8-9H2,1-4H3. The van der Waals surface area contributed by atoms with Crippen LogP contribution in [0.25, 0.3) is 0 Å². The second-order valence-corrected chi connectivity index (χ2v) is 7.26. The minimum Gasteiger partial charge on any atom is -0.310 e. The summed E-state index contributed by atoms with van der Waals surface area (Å²) >= 11 is 0. The molecule has 0 aliphatic rings. The van der Waals surface area contributed by atoms with Gasteiger partial charge in [0.05, 0.1) is 5.75 Å². The summed E-state index contributed by atoms with van der Waals surface area (Å²) in [6, 6.07) is 6.68. The maximum atomic E-state index is 11.0. The van der Waals surface area contributed by atoms with Gasteiger partial charge >= 0.3 is 0 Å². The van der Waals surface area contributed by atoms with Crippen molar-refractivity contribution in [1.29, 1.82) is 0 Å². The Hall–Kier alpha value is -0.870. The molecular weight excluding hydrogens is 246 g/mol. The van der Waals surface area contributed by atoms with Gasteiger partial charge in [0, 0.05) is 12.3 Å². The number of sulfone groups is 1. The molecule has 3 nitrogen and oxygen atoms in total. The first-order chi connectivity index (χ1) is 8.29. The molecule has 0 heterocycles. The highest BCUT2D eigenvalue weighted by molar-refractivity contribution is 7.90. The van der Waals surface area contributed by atoms with Crippen LogP contribution in [-0.2, 0) is 9.84 Å². The molecular formula is C14H23NO2S. The molecule has 0 saturated heterocycles. The zero-order valence-electron chi connectivity index (χ0n) is 11.7. The molecule has 0 amide bonds. The van der Waals surface area contributed by atoms with E-state index in [4.69, 9.17) is 0 Å². The van der Waals surface area contributed by atoms with Crippen molar-refractivity contribution < 1.29 is 8.42 Å². The van der Waals surface area contributed by atoms with Gasteiger partial charge in [0.15, 0.2) is 0 Å². The Morgan fingerprint density at radius 3 is 2.44 bits per heavy atom. The minimum atomic E-state index is -2.84. The summed E-state index contributed by atoms with van der Waals surface area (Å²) in [5, 5.41) is 3.35. The second-order valence-electron chi connectivity index (χ2n) is 5.00. The highest BCUT2D eigenvalue weighted by Gasteiger charge is 2.06. The van der Waals surface area contributed by atoms with E-state index in [0.29, 0.717) is 6.42 Å². The summed E-state index contributed by atoms with van der Waals surface area (Å²) in [4.78, 5) is 0. The molecule has 0 saturated carbocycles. The Bertz CT molecular complexity index is 495. The molecule has 1 N–H and O–H groups in total. The summed E-state index contributed by atoms with van der Waals surface area (Å²) in [5.41, 5.74) is 3.83. The number of hydrogen-bond donors (Lipinski definition) is 1. The maximum Gasteiger partial charge on any atom is 0.147 e. The lowest BCUT2D eigenvalue weighted by Gasteiger charge is -2.15. The van der Waals surface area contributed by atoms with Crippen molar-refractivity contribution in [3.05, 3.63) is 34.9 Å². The highest BCUT2D eigenvalue weighted by Crippen LogP contribution is 2.16. The molecule has 1 aromatic carbocycles. The number of nitrogens with one attached hydrogen (secondary N) is 1. The molecule has 0 aliphatic heterocycles. The smallest absolute Gasteiger partial charge is 0.147 e. The van der Waals surface area contributed by atoms with Crippen LogP contribution < -0.4 is 5.32 Å². The zero-order valence-corrected chi connectivity index (χ0v) is 12.5. The summed E-state index contributed by atoms with van der Waals surface area (Å²) in [7, 11) is -2.84. The first-order valence-electron chi connectivity index (χ1n) is 6.28. The van der Waals surface area contributed by atoms with Crippen molar-refractivity contribution in [1.82, 2.24) is 5.32 Å². The van der Waals surface area contributed by atoms with E-state index in [1.54, 1.807) is 0 Å². The van der Waals surface area contributed by atoms with Gasteiger partial charge in [-0.25, -0.2) is 8.42 Å². The predicted octanol–water partition coefficient (Wildman–Crippen LogP) is 2.39. The van der Waals surface area contributed by atoms with Crippen LogP contribution in [0.4, 0.5) is 0 Å². The van der Waals surface area contributed by atoms with Gasteiger partial charge in [-0.05, 0) is 50.4 Å². The van der Waals surface area contributed by atoms with E-state index in [1.165, 1.54) is 22.9 Å². The Labute approximate surface area is 111 Å². The zero-order chi connectivity index (χ0) is 13.8. The van der Waals surface area contributed by atoms with E-state index >= 15 is 0 Å². The van der Waals surface area contributed by atoms with E-state index < -0.39 is 9.84 Å². The fourth-order valence-electron chi connectivity index (χ4n) is 1.80. The molecule has 1 aromatic rings. The van der Waals surface area contributed by atoms with Gasteiger partial charge in [-0.1, -0.05) is 18.2 Å². The third kappa shape index (κ3) is 5.19. The lowest BCUT2D eigenvalue weighted by Crippen LogP contribution is -2.22. The third-order valence-electron chi connectivity index (χ3n) is 3.17. The van der Waals surface area contributed by atoms with Crippen LogP contribution in [0.2, 0.25) is 0 Å².